The van der Waals surface area contributed by atoms with Crippen LogP contribution >= 0.6 is 11.6 Å². The second-order valence-corrected chi connectivity index (χ2v) is 8.45. The average molecular weight is 518 g/mol. The molecule has 0 spiro atoms. The Morgan fingerprint density at radius 2 is 1.83 bits per heavy atom. The van der Waals surface area contributed by atoms with Crippen molar-refractivity contribution in [3.8, 4) is 17.0 Å². The second kappa shape index (κ2) is 12.6. The molecule has 4 nitrogen and oxygen atoms in total. The van der Waals surface area contributed by atoms with E-state index < -0.39 is 23.8 Å². The van der Waals surface area contributed by atoms with Crippen molar-refractivity contribution in [2.45, 2.75) is 45.4 Å². The van der Waals surface area contributed by atoms with Crippen LogP contribution in [0.4, 0.5) is 13.2 Å². The van der Waals surface area contributed by atoms with E-state index in [0.717, 1.165) is 25.0 Å². The van der Waals surface area contributed by atoms with E-state index in [1.165, 1.54) is 18.2 Å². The lowest BCUT2D eigenvalue weighted by atomic mass is 10.1. The molecule has 1 heterocycles. The summed E-state index contributed by atoms with van der Waals surface area (Å²) in [5.74, 6) is 0.0281. The molecule has 0 saturated heterocycles. The van der Waals surface area contributed by atoms with Crippen molar-refractivity contribution >= 4 is 23.6 Å². The van der Waals surface area contributed by atoms with Crippen LogP contribution in [0.2, 0.25) is 5.02 Å². The largest absolute Gasteiger partial charge is 0.483 e. The van der Waals surface area contributed by atoms with Crippen LogP contribution in [0.15, 0.2) is 66.7 Å². The van der Waals surface area contributed by atoms with Crippen molar-refractivity contribution in [1.29, 1.82) is 0 Å². The summed E-state index contributed by atoms with van der Waals surface area (Å²) in [7, 11) is 0. The molecule has 0 bridgehead atoms. The lowest BCUT2D eigenvalue weighted by Crippen LogP contribution is -2.10. The third-order valence-corrected chi connectivity index (χ3v) is 5.65. The highest BCUT2D eigenvalue weighted by molar-refractivity contribution is 6.32. The zero-order valence-corrected chi connectivity index (χ0v) is 20.8. The molecule has 2 aromatic carbocycles. The Labute approximate surface area is 213 Å². The summed E-state index contributed by atoms with van der Waals surface area (Å²) in [4.78, 5) is 16.2. The SMILES string of the molecule is CCCCC(Oc1ccc(/C=C/C(=O)OCC)cc1Cl)c1cccc(-c2ccc(C(F)(F)F)cc2)n1. The first-order valence-corrected chi connectivity index (χ1v) is 12.0. The van der Waals surface area contributed by atoms with Gasteiger partial charge in [0.05, 0.1) is 28.6 Å². The molecule has 1 unspecified atom stereocenters. The summed E-state index contributed by atoms with van der Waals surface area (Å²) in [6.45, 7) is 4.10. The van der Waals surface area contributed by atoms with Crippen molar-refractivity contribution in [2.24, 2.45) is 0 Å². The second-order valence-electron chi connectivity index (χ2n) is 8.05. The fraction of sp³-hybridized carbons (Fsp3) is 0.286. The van der Waals surface area contributed by atoms with Gasteiger partial charge in [0.2, 0.25) is 0 Å². The topological polar surface area (TPSA) is 48.4 Å². The lowest BCUT2D eigenvalue weighted by Gasteiger charge is -2.20. The van der Waals surface area contributed by atoms with Gasteiger partial charge in [0.25, 0.3) is 0 Å². The number of hydrogen-bond donors (Lipinski definition) is 0. The first-order valence-electron chi connectivity index (χ1n) is 11.7. The Morgan fingerprint density at radius 3 is 2.47 bits per heavy atom. The van der Waals surface area contributed by atoms with Gasteiger partial charge >= 0.3 is 12.1 Å². The van der Waals surface area contributed by atoms with Gasteiger partial charge in [-0.15, -0.1) is 0 Å². The van der Waals surface area contributed by atoms with E-state index in [9.17, 15) is 18.0 Å². The van der Waals surface area contributed by atoms with Crippen LogP contribution in [0.3, 0.4) is 0 Å². The smallest absolute Gasteiger partial charge is 0.416 e. The van der Waals surface area contributed by atoms with Gasteiger partial charge in [0, 0.05) is 11.6 Å². The van der Waals surface area contributed by atoms with E-state index in [1.54, 1.807) is 37.3 Å². The van der Waals surface area contributed by atoms with Crippen molar-refractivity contribution in [3.63, 3.8) is 0 Å². The van der Waals surface area contributed by atoms with E-state index in [0.29, 0.717) is 46.3 Å². The highest BCUT2D eigenvalue weighted by atomic mass is 35.5. The Morgan fingerprint density at radius 1 is 1.08 bits per heavy atom. The number of rotatable bonds is 10. The van der Waals surface area contributed by atoms with Crippen molar-refractivity contribution < 1.29 is 27.4 Å². The van der Waals surface area contributed by atoms with Crippen LogP contribution in [0.5, 0.6) is 5.75 Å². The molecule has 8 heteroatoms. The number of alkyl halides is 3. The van der Waals surface area contributed by atoms with Crippen LogP contribution < -0.4 is 4.74 Å². The number of unbranched alkanes of at least 4 members (excludes halogenated alkanes) is 1. The number of halogens is 4. The molecular formula is C28H27ClF3NO3. The standard InChI is InChI=1S/C28H27ClF3NO3/c1-3-5-9-26(36-25-16-10-19(18-22(25)29)11-17-27(34)35-4-2)24-8-6-7-23(33-24)20-12-14-21(15-13-20)28(30,31)32/h6-8,10-18,26H,3-5,9H2,1-2H3/b17-11+. The van der Waals surface area contributed by atoms with Crippen LogP contribution in [0, 0.1) is 0 Å². The zero-order valence-electron chi connectivity index (χ0n) is 20.0. The Kier molecular flexibility index (Phi) is 9.53. The number of aromatic nitrogens is 1. The number of hydrogen-bond acceptors (Lipinski definition) is 4. The Hall–Kier alpha value is -3.32. The molecular weight excluding hydrogens is 491 g/mol. The maximum atomic E-state index is 12.9. The van der Waals surface area contributed by atoms with E-state index >= 15 is 0 Å². The van der Waals surface area contributed by atoms with Gasteiger partial charge in [-0.1, -0.05) is 49.2 Å². The van der Waals surface area contributed by atoms with Gasteiger partial charge in [-0.25, -0.2) is 9.78 Å². The van der Waals surface area contributed by atoms with E-state index in [4.69, 9.17) is 21.1 Å². The third kappa shape index (κ3) is 7.59. The highest BCUT2D eigenvalue weighted by Crippen LogP contribution is 2.34. The number of nitrogens with zero attached hydrogens (tertiary/aromatic N) is 1. The summed E-state index contributed by atoms with van der Waals surface area (Å²) in [6, 6.07) is 15.5. The number of benzene rings is 2. The number of ether oxygens (including phenoxy) is 2. The maximum Gasteiger partial charge on any atom is 0.416 e. The van der Waals surface area contributed by atoms with Gasteiger partial charge in [-0.05, 0) is 67.8 Å². The molecule has 0 aliphatic heterocycles. The van der Waals surface area contributed by atoms with Gasteiger partial charge in [0.1, 0.15) is 11.9 Å². The quantitative estimate of drug-likeness (QED) is 0.200. The first kappa shape index (κ1) is 27.3. The summed E-state index contributed by atoms with van der Waals surface area (Å²) in [6.07, 6.45) is 0.654. The maximum absolute atomic E-state index is 12.9. The van der Waals surface area contributed by atoms with Gasteiger partial charge in [-0.2, -0.15) is 13.2 Å². The molecule has 1 aromatic heterocycles. The van der Waals surface area contributed by atoms with Gasteiger partial charge in [-0.3, -0.25) is 0 Å². The van der Waals surface area contributed by atoms with Crippen LogP contribution in [0.25, 0.3) is 17.3 Å². The van der Waals surface area contributed by atoms with E-state index in [-0.39, 0.29) is 0 Å². The van der Waals surface area contributed by atoms with Crippen LogP contribution in [-0.4, -0.2) is 17.6 Å². The van der Waals surface area contributed by atoms with Gasteiger partial charge < -0.3 is 9.47 Å². The summed E-state index contributed by atoms with van der Waals surface area (Å²) < 4.78 is 49.9. The Bertz CT molecular complexity index is 1190. The molecule has 0 amide bonds. The molecule has 3 rings (SSSR count). The zero-order chi connectivity index (χ0) is 26.1. The fourth-order valence-corrected chi connectivity index (χ4v) is 3.74. The molecule has 36 heavy (non-hydrogen) atoms. The predicted octanol–water partition coefficient (Wildman–Crippen LogP) is 8.31. The van der Waals surface area contributed by atoms with Crippen molar-refractivity contribution in [3.05, 3.63) is 88.6 Å². The first-order chi connectivity index (χ1) is 17.2. The monoisotopic (exact) mass is 517 g/mol. The average Bonchev–Trinajstić information content (AvgIpc) is 2.86. The van der Waals surface area contributed by atoms with Gasteiger partial charge in [0.15, 0.2) is 0 Å². The minimum atomic E-state index is -4.39. The molecule has 0 aliphatic rings. The summed E-state index contributed by atoms with van der Waals surface area (Å²) >= 11 is 6.46. The number of carbonyl (C=O) groups excluding carboxylic acids is 1. The minimum absolute atomic E-state index is 0.296. The molecule has 0 radical (unpaired) electrons. The third-order valence-electron chi connectivity index (χ3n) is 5.35. The molecule has 0 saturated carbocycles. The minimum Gasteiger partial charge on any atom is -0.483 e. The van der Waals surface area contributed by atoms with Crippen LogP contribution in [0.1, 0.15) is 56.0 Å². The molecule has 190 valence electrons. The molecule has 1 atom stereocenters. The predicted molar refractivity (Wildman–Crippen MR) is 135 cm³/mol. The van der Waals surface area contributed by atoms with E-state index in [2.05, 4.69) is 11.9 Å². The van der Waals surface area contributed by atoms with Crippen LogP contribution in [-0.2, 0) is 15.7 Å². The number of pyridine rings is 1. The number of esters is 1. The highest BCUT2D eigenvalue weighted by Gasteiger charge is 2.30. The number of carbonyl (C=O) groups is 1. The molecule has 0 aliphatic carbocycles. The summed E-state index contributed by atoms with van der Waals surface area (Å²) in [5.41, 5.74) is 1.80. The van der Waals surface area contributed by atoms with Crippen molar-refractivity contribution in [1.82, 2.24) is 4.98 Å². The normalized spacial score (nSPS) is 12.5. The fourth-order valence-electron chi connectivity index (χ4n) is 3.50. The van der Waals surface area contributed by atoms with E-state index in [1.807, 2.05) is 12.1 Å². The molecule has 0 fully saturated rings. The summed E-state index contributed by atoms with van der Waals surface area (Å²) in [5, 5.41) is 0.376. The lowest BCUT2D eigenvalue weighted by molar-refractivity contribution is -0.138. The molecule has 0 N–H and O–H groups in total. The molecule has 3 aromatic rings. The Balaban J connectivity index is 1.83. The van der Waals surface area contributed by atoms with Crippen molar-refractivity contribution in [2.75, 3.05) is 6.61 Å².